The molecule has 1 saturated carbocycles. The highest BCUT2D eigenvalue weighted by Gasteiger charge is 2.29. The molecule has 1 aliphatic carbocycles. The Morgan fingerprint density at radius 1 is 0.821 bits per heavy atom. The van der Waals surface area contributed by atoms with Crippen LogP contribution in [0.2, 0.25) is 5.02 Å². The number of hydrogen-bond acceptors (Lipinski definition) is 5. The number of carbonyl (C=O) groups excluding carboxylic acids is 2. The molecule has 210 valence electrons. The van der Waals surface area contributed by atoms with Crippen molar-refractivity contribution in [1.82, 2.24) is 15.1 Å². The lowest BCUT2D eigenvalue weighted by molar-refractivity contribution is -0.123. The van der Waals surface area contributed by atoms with Gasteiger partial charge in [-0.2, -0.15) is 0 Å². The Balaban J connectivity index is 1.10. The zero-order valence-electron chi connectivity index (χ0n) is 22.8. The monoisotopic (exact) mass is 552 g/mol. The smallest absolute Gasteiger partial charge is 0.258 e. The molecule has 2 aromatic carbocycles. The van der Waals surface area contributed by atoms with E-state index in [9.17, 15) is 9.59 Å². The predicted octanol–water partition coefficient (Wildman–Crippen LogP) is 4.98. The molecule has 1 N–H and O–H groups in total. The summed E-state index contributed by atoms with van der Waals surface area (Å²) in [6.07, 6.45) is 9.70. The summed E-state index contributed by atoms with van der Waals surface area (Å²) in [6.45, 7) is 5.13. The van der Waals surface area contributed by atoms with E-state index in [0.29, 0.717) is 16.8 Å². The predicted molar refractivity (Wildman–Crippen MR) is 156 cm³/mol. The summed E-state index contributed by atoms with van der Waals surface area (Å²) < 4.78 is 5.57. The largest absolute Gasteiger partial charge is 0.484 e. The molecule has 0 atom stereocenters. The lowest BCUT2D eigenvalue weighted by Gasteiger charge is -2.40. The molecule has 7 nitrogen and oxygen atoms in total. The van der Waals surface area contributed by atoms with Gasteiger partial charge >= 0.3 is 0 Å². The number of amides is 2. The van der Waals surface area contributed by atoms with Crippen molar-refractivity contribution in [3.8, 4) is 5.75 Å². The van der Waals surface area contributed by atoms with Crippen LogP contribution in [0.1, 0.15) is 61.7 Å². The fraction of sp³-hybridized carbons (Fsp3) is 0.548. The van der Waals surface area contributed by atoms with Crippen molar-refractivity contribution in [2.45, 2.75) is 63.5 Å². The summed E-state index contributed by atoms with van der Waals surface area (Å²) in [5.74, 6) is 0.638. The van der Waals surface area contributed by atoms with E-state index in [-0.39, 0.29) is 24.5 Å². The van der Waals surface area contributed by atoms with Crippen LogP contribution in [-0.4, -0.2) is 79.6 Å². The van der Waals surface area contributed by atoms with Gasteiger partial charge in [-0.1, -0.05) is 49.4 Å². The summed E-state index contributed by atoms with van der Waals surface area (Å²) >= 11 is 5.90. The van der Waals surface area contributed by atoms with Gasteiger partial charge < -0.3 is 19.9 Å². The number of nitrogens with one attached hydrogen (secondary N) is 1. The number of rotatable bonds is 7. The van der Waals surface area contributed by atoms with Crippen molar-refractivity contribution >= 4 is 29.1 Å². The van der Waals surface area contributed by atoms with Gasteiger partial charge in [-0.25, -0.2) is 0 Å². The van der Waals surface area contributed by atoms with E-state index in [0.717, 1.165) is 63.4 Å². The lowest BCUT2D eigenvalue weighted by Crippen LogP contribution is -2.52. The maximum absolute atomic E-state index is 13.6. The van der Waals surface area contributed by atoms with Gasteiger partial charge in [0.05, 0.1) is 5.56 Å². The number of anilines is 1. The molecular formula is C31H41ClN4O3. The SMILES string of the molecule is O=C(COc1ccc(Cl)cc1)NC1CCN(c2ccccc2C(=O)N2CCN(C3CCCCCC3)CC2)CC1. The highest BCUT2D eigenvalue weighted by atomic mass is 35.5. The lowest BCUT2D eigenvalue weighted by atomic mass is 10.0. The highest BCUT2D eigenvalue weighted by molar-refractivity contribution is 6.30. The molecule has 0 unspecified atom stereocenters. The third-order valence-corrected chi connectivity index (χ3v) is 8.71. The van der Waals surface area contributed by atoms with Crippen molar-refractivity contribution in [2.24, 2.45) is 0 Å². The van der Waals surface area contributed by atoms with Gasteiger partial charge in [0.25, 0.3) is 11.8 Å². The topological polar surface area (TPSA) is 65.1 Å². The number of para-hydroxylation sites is 1. The maximum Gasteiger partial charge on any atom is 0.258 e. The van der Waals surface area contributed by atoms with Gasteiger partial charge in [0.1, 0.15) is 5.75 Å². The minimum atomic E-state index is -0.123. The van der Waals surface area contributed by atoms with Crippen LogP contribution in [0.4, 0.5) is 5.69 Å². The van der Waals surface area contributed by atoms with E-state index < -0.39 is 0 Å². The number of benzene rings is 2. The minimum Gasteiger partial charge on any atom is -0.484 e. The molecule has 2 heterocycles. The first-order valence-electron chi connectivity index (χ1n) is 14.6. The molecule has 0 aromatic heterocycles. The van der Waals surface area contributed by atoms with Crippen LogP contribution in [0.25, 0.3) is 0 Å². The third kappa shape index (κ3) is 7.46. The molecule has 0 spiro atoms. The summed E-state index contributed by atoms with van der Waals surface area (Å²) in [4.78, 5) is 33.0. The van der Waals surface area contributed by atoms with E-state index in [4.69, 9.17) is 16.3 Å². The number of piperidine rings is 1. The third-order valence-electron chi connectivity index (χ3n) is 8.46. The van der Waals surface area contributed by atoms with E-state index in [1.54, 1.807) is 24.3 Å². The Kier molecular flexibility index (Phi) is 9.64. The van der Waals surface area contributed by atoms with Crippen molar-refractivity contribution in [2.75, 3.05) is 50.8 Å². The normalized spacial score (nSPS) is 19.9. The van der Waals surface area contributed by atoms with Crippen molar-refractivity contribution in [3.05, 3.63) is 59.1 Å². The maximum atomic E-state index is 13.6. The first-order valence-corrected chi connectivity index (χ1v) is 15.0. The first kappa shape index (κ1) is 27.8. The molecule has 8 heteroatoms. The van der Waals surface area contributed by atoms with Crippen LogP contribution in [0, 0.1) is 0 Å². The molecule has 2 amide bonds. The fourth-order valence-electron chi connectivity index (χ4n) is 6.23. The summed E-state index contributed by atoms with van der Waals surface area (Å²) in [7, 11) is 0. The van der Waals surface area contributed by atoms with E-state index in [1.165, 1.54) is 38.5 Å². The molecule has 3 fully saturated rings. The van der Waals surface area contributed by atoms with Crippen LogP contribution in [0.3, 0.4) is 0 Å². The van der Waals surface area contributed by atoms with Gasteiger partial charge in [-0.15, -0.1) is 0 Å². The van der Waals surface area contributed by atoms with E-state index in [1.807, 2.05) is 23.1 Å². The molecule has 2 saturated heterocycles. The quantitative estimate of drug-likeness (QED) is 0.491. The minimum absolute atomic E-state index is 0.0206. The second-order valence-corrected chi connectivity index (χ2v) is 11.5. The molecule has 2 aromatic rings. The summed E-state index contributed by atoms with van der Waals surface area (Å²) in [6, 6.07) is 15.8. The molecule has 0 radical (unpaired) electrons. The second-order valence-electron chi connectivity index (χ2n) is 11.1. The Labute approximate surface area is 237 Å². The fourth-order valence-corrected chi connectivity index (χ4v) is 6.35. The Bertz CT molecular complexity index is 1090. The number of hydrogen-bond donors (Lipinski definition) is 1. The van der Waals surface area contributed by atoms with Crippen LogP contribution in [0.15, 0.2) is 48.5 Å². The van der Waals surface area contributed by atoms with Gasteiger partial charge in [0.2, 0.25) is 0 Å². The summed E-state index contributed by atoms with van der Waals surface area (Å²) in [5.41, 5.74) is 1.80. The van der Waals surface area contributed by atoms with Crippen LogP contribution >= 0.6 is 11.6 Å². The Hall–Kier alpha value is -2.77. The second kappa shape index (κ2) is 13.5. The van der Waals surface area contributed by atoms with Crippen LogP contribution in [-0.2, 0) is 4.79 Å². The number of halogens is 1. The van der Waals surface area contributed by atoms with Gasteiger partial charge in [0.15, 0.2) is 6.61 Å². The van der Waals surface area contributed by atoms with E-state index in [2.05, 4.69) is 21.2 Å². The molecule has 39 heavy (non-hydrogen) atoms. The highest BCUT2D eigenvalue weighted by Crippen LogP contribution is 2.27. The molecule has 5 rings (SSSR count). The summed E-state index contributed by atoms with van der Waals surface area (Å²) in [5, 5.41) is 3.73. The zero-order valence-corrected chi connectivity index (χ0v) is 23.6. The zero-order chi connectivity index (χ0) is 27.0. The first-order chi connectivity index (χ1) is 19.1. The molecular weight excluding hydrogens is 512 g/mol. The number of nitrogens with zero attached hydrogens (tertiary/aromatic N) is 3. The van der Waals surface area contributed by atoms with Gasteiger partial charge in [-0.05, 0) is 62.1 Å². The average molecular weight is 553 g/mol. The van der Waals surface area contributed by atoms with Crippen LogP contribution < -0.4 is 15.0 Å². The number of ether oxygens (including phenoxy) is 1. The average Bonchev–Trinajstić information content (AvgIpc) is 3.27. The van der Waals surface area contributed by atoms with E-state index >= 15 is 0 Å². The molecule has 2 aliphatic heterocycles. The van der Waals surface area contributed by atoms with Gasteiger partial charge in [-0.3, -0.25) is 14.5 Å². The standard InChI is InChI=1S/C31H41ClN4O3/c32-24-11-13-27(14-12-24)39-23-30(37)33-25-15-17-35(18-16-25)29-10-6-5-9-28(29)31(38)36-21-19-34(20-22-36)26-7-3-1-2-4-8-26/h5-6,9-14,25-26H,1-4,7-8,15-23H2,(H,33,37). The van der Waals surface area contributed by atoms with Crippen LogP contribution in [0.5, 0.6) is 5.75 Å². The number of piperazine rings is 1. The van der Waals surface area contributed by atoms with Crippen molar-refractivity contribution in [3.63, 3.8) is 0 Å². The Morgan fingerprint density at radius 3 is 2.18 bits per heavy atom. The molecule has 3 aliphatic rings. The van der Waals surface area contributed by atoms with Crippen molar-refractivity contribution < 1.29 is 14.3 Å². The Morgan fingerprint density at radius 2 is 1.49 bits per heavy atom. The number of carbonyl (C=O) groups is 2. The van der Waals surface area contributed by atoms with Gasteiger partial charge in [0, 0.05) is 62.1 Å². The van der Waals surface area contributed by atoms with Crippen molar-refractivity contribution in [1.29, 1.82) is 0 Å². The molecule has 0 bridgehead atoms.